The first kappa shape index (κ1) is 65.0. The molecule has 0 aromatic heterocycles. The average Bonchev–Trinajstić information content (AvgIpc) is 3.11. The summed E-state index contributed by atoms with van der Waals surface area (Å²) < 4.78 is 0. The van der Waals surface area contributed by atoms with E-state index in [1.807, 2.05) is 41.0 Å². The largest absolute Gasteiger partial charge is 0.356 e. The number of halogens is 5. The highest BCUT2D eigenvalue weighted by atomic mass is 35.5. The average molecular weight is 891 g/mol. The van der Waals surface area contributed by atoms with Gasteiger partial charge in [-0.05, 0) is 57.8 Å². The molecule has 0 rings (SSSR count). The SMILES string of the molecule is CC/C=C\CCC(=O)NCCCCN(CCCNC(=O)CC/C=C\CC)C(=O)CN(CCCNC(=O)[C@@H](N)CN)CCCNC(=O)[C@@H](N)CN.Cl.Cl.Cl.Cl.Cl. The van der Waals surface area contributed by atoms with E-state index in [0.717, 1.165) is 19.3 Å². The van der Waals surface area contributed by atoms with Crippen LogP contribution in [-0.2, 0) is 24.0 Å². The topological polar surface area (TPSA) is 244 Å². The molecule has 0 heterocycles. The van der Waals surface area contributed by atoms with Crippen molar-refractivity contribution in [2.75, 3.05) is 72.0 Å². The van der Waals surface area contributed by atoms with Gasteiger partial charge in [-0.15, -0.1) is 62.0 Å². The molecule has 0 aliphatic carbocycles. The molecule has 0 saturated heterocycles. The molecule has 20 heteroatoms. The summed E-state index contributed by atoms with van der Waals surface area (Å²) in [7, 11) is 0. The summed E-state index contributed by atoms with van der Waals surface area (Å²) in [4.78, 5) is 65.9. The smallest absolute Gasteiger partial charge is 0.238 e. The summed E-state index contributed by atoms with van der Waals surface area (Å²) in [6.45, 7) is 8.11. The number of nitrogens with one attached hydrogen (secondary N) is 4. The van der Waals surface area contributed by atoms with E-state index in [2.05, 4.69) is 28.2 Å². The summed E-state index contributed by atoms with van der Waals surface area (Å²) in [5.74, 6) is -0.716. The number of carbonyl (C=O) groups excluding carboxylic acids is 5. The predicted molar refractivity (Wildman–Crippen MR) is 236 cm³/mol. The van der Waals surface area contributed by atoms with E-state index in [9.17, 15) is 24.0 Å². The van der Waals surface area contributed by atoms with Gasteiger partial charge < -0.3 is 49.1 Å². The maximum Gasteiger partial charge on any atom is 0.238 e. The summed E-state index contributed by atoms with van der Waals surface area (Å²) in [5.41, 5.74) is 22.4. The molecule has 0 aromatic carbocycles. The molecular weight excluding hydrogens is 818 g/mol. The van der Waals surface area contributed by atoms with E-state index in [4.69, 9.17) is 22.9 Å². The lowest BCUT2D eigenvalue weighted by atomic mass is 10.2. The third-order valence-corrected chi connectivity index (χ3v) is 7.78. The Balaban J connectivity index is -0.00000120. The van der Waals surface area contributed by atoms with Crippen molar-refractivity contribution in [1.29, 1.82) is 0 Å². The van der Waals surface area contributed by atoms with Crippen molar-refractivity contribution in [3.63, 3.8) is 0 Å². The van der Waals surface area contributed by atoms with Crippen molar-refractivity contribution in [2.24, 2.45) is 22.9 Å². The van der Waals surface area contributed by atoms with E-state index in [1.165, 1.54) is 0 Å². The van der Waals surface area contributed by atoms with Gasteiger partial charge in [0, 0.05) is 78.3 Å². The van der Waals surface area contributed by atoms with Crippen LogP contribution in [0.2, 0.25) is 0 Å². The standard InChI is InChI=1S/C35H68N10O5.5ClH/c1-3-5-7-9-16-31(46)40-18-11-12-24-45(25-15-19-41-32(47)17-10-8-6-4-2)33(48)28-44(22-13-20-42-34(49)29(38)26-36)23-14-21-43-35(50)30(39)27-37;;;;;/h5-8,29-30H,3-4,9-28,36-39H2,1-2H3,(H,40,46)(H,41,47)(H,42,49)(H,43,50);5*1H/b7-5-,8-6-;;;;;/t29-,30-;;;;;/m0...../s1. The first-order valence-corrected chi connectivity index (χ1v) is 18.4. The molecule has 0 bridgehead atoms. The number of nitrogens with two attached hydrogens (primary N) is 4. The number of hydrogen-bond donors (Lipinski definition) is 8. The van der Waals surface area contributed by atoms with Crippen molar-refractivity contribution in [3.05, 3.63) is 24.3 Å². The first-order valence-electron chi connectivity index (χ1n) is 18.4. The fourth-order valence-electron chi connectivity index (χ4n) is 4.76. The number of nitrogens with zero attached hydrogens (tertiary/aromatic N) is 2. The molecule has 2 atom stereocenters. The van der Waals surface area contributed by atoms with E-state index in [0.29, 0.717) is 104 Å². The van der Waals surface area contributed by atoms with E-state index in [-0.39, 0.29) is 111 Å². The number of hydrogen-bond acceptors (Lipinski definition) is 10. The lowest BCUT2D eigenvalue weighted by Gasteiger charge is -2.28. The van der Waals surface area contributed by atoms with E-state index in [1.54, 1.807) is 0 Å². The van der Waals surface area contributed by atoms with Gasteiger partial charge in [-0.1, -0.05) is 38.2 Å². The predicted octanol–water partition coefficient (Wildman–Crippen LogP) is 1.71. The maximum absolute atomic E-state index is 13.7. The summed E-state index contributed by atoms with van der Waals surface area (Å²) in [6, 6.07) is -1.55. The molecule has 12 N–H and O–H groups in total. The summed E-state index contributed by atoms with van der Waals surface area (Å²) in [5, 5.41) is 11.4. The molecule has 0 radical (unpaired) electrons. The van der Waals surface area contributed by atoms with Gasteiger partial charge >= 0.3 is 0 Å². The van der Waals surface area contributed by atoms with Crippen LogP contribution in [0.15, 0.2) is 24.3 Å². The zero-order chi connectivity index (χ0) is 37.4. The number of allylic oxidation sites excluding steroid dienone is 4. The van der Waals surface area contributed by atoms with Crippen molar-refractivity contribution < 1.29 is 24.0 Å². The van der Waals surface area contributed by atoms with Gasteiger partial charge in [0.05, 0.1) is 18.6 Å². The second-order valence-corrected chi connectivity index (χ2v) is 12.2. The van der Waals surface area contributed by atoms with Gasteiger partial charge in [0.15, 0.2) is 0 Å². The highest BCUT2D eigenvalue weighted by Gasteiger charge is 2.18. The number of carbonyl (C=O) groups is 5. The minimum Gasteiger partial charge on any atom is -0.356 e. The fourth-order valence-corrected chi connectivity index (χ4v) is 4.76. The minimum absolute atomic E-state index is 0. The molecule has 0 aromatic rings. The van der Waals surface area contributed by atoms with Gasteiger partial charge in [0.25, 0.3) is 0 Å². The van der Waals surface area contributed by atoms with Crippen LogP contribution >= 0.6 is 62.0 Å². The molecule has 5 amide bonds. The Morgan fingerprint density at radius 1 is 0.545 bits per heavy atom. The lowest BCUT2D eigenvalue weighted by molar-refractivity contribution is -0.133. The first-order chi connectivity index (χ1) is 24.1. The molecule has 0 aliphatic rings. The second kappa shape index (κ2) is 44.8. The molecule has 0 fully saturated rings. The lowest BCUT2D eigenvalue weighted by Crippen LogP contribution is -2.47. The normalized spacial score (nSPS) is 11.5. The fraction of sp³-hybridized carbons (Fsp3) is 0.743. The van der Waals surface area contributed by atoms with Crippen LogP contribution in [0.5, 0.6) is 0 Å². The molecule has 0 unspecified atom stereocenters. The third kappa shape index (κ3) is 37.4. The molecular formula is C35H73Cl5N10O5. The minimum atomic E-state index is -0.774. The van der Waals surface area contributed by atoms with Crippen molar-refractivity contribution in [2.45, 2.75) is 96.6 Å². The van der Waals surface area contributed by atoms with Crippen LogP contribution in [0.1, 0.15) is 84.5 Å². The Morgan fingerprint density at radius 2 is 0.927 bits per heavy atom. The number of amides is 5. The molecule has 0 saturated carbocycles. The third-order valence-electron chi connectivity index (χ3n) is 7.78. The Kier molecular flexibility index (Phi) is 52.9. The van der Waals surface area contributed by atoms with Gasteiger partial charge in [-0.25, -0.2) is 0 Å². The maximum atomic E-state index is 13.7. The number of unbranched alkanes of at least 4 members (excludes halogenated alkanes) is 1. The Labute approximate surface area is 360 Å². The van der Waals surface area contributed by atoms with Crippen LogP contribution in [0, 0.1) is 0 Å². The molecule has 0 spiro atoms. The van der Waals surface area contributed by atoms with Crippen molar-refractivity contribution >= 4 is 91.6 Å². The number of rotatable bonds is 31. The van der Waals surface area contributed by atoms with Crippen LogP contribution < -0.4 is 44.2 Å². The highest BCUT2D eigenvalue weighted by Crippen LogP contribution is 2.03. The van der Waals surface area contributed by atoms with E-state index < -0.39 is 12.1 Å². The summed E-state index contributed by atoms with van der Waals surface area (Å²) >= 11 is 0. The zero-order valence-electron chi connectivity index (χ0n) is 32.8. The van der Waals surface area contributed by atoms with Crippen LogP contribution in [0.3, 0.4) is 0 Å². The summed E-state index contributed by atoms with van der Waals surface area (Å²) in [6.07, 6.45) is 15.5. The molecule has 0 aliphatic heterocycles. The molecule has 15 nitrogen and oxygen atoms in total. The van der Waals surface area contributed by atoms with Gasteiger partial charge in [0.2, 0.25) is 29.5 Å². The quantitative estimate of drug-likeness (QED) is 0.0370. The van der Waals surface area contributed by atoms with Gasteiger partial charge in [-0.3, -0.25) is 28.9 Å². The van der Waals surface area contributed by atoms with Gasteiger partial charge in [0.1, 0.15) is 0 Å². The Bertz CT molecular complexity index is 1000. The second-order valence-electron chi connectivity index (χ2n) is 12.2. The van der Waals surface area contributed by atoms with Crippen LogP contribution in [0.4, 0.5) is 0 Å². The molecule has 55 heavy (non-hydrogen) atoms. The van der Waals surface area contributed by atoms with Crippen molar-refractivity contribution in [3.8, 4) is 0 Å². The highest BCUT2D eigenvalue weighted by molar-refractivity contribution is 5.86. The van der Waals surface area contributed by atoms with Crippen LogP contribution in [-0.4, -0.2) is 123 Å². The Hall–Kier alpha value is -1.92. The monoisotopic (exact) mass is 888 g/mol. The zero-order valence-corrected chi connectivity index (χ0v) is 36.9. The van der Waals surface area contributed by atoms with Gasteiger partial charge in [-0.2, -0.15) is 0 Å². The van der Waals surface area contributed by atoms with Crippen LogP contribution in [0.25, 0.3) is 0 Å². The Morgan fingerprint density at radius 3 is 1.35 bits per heavy atom. The van der Waals surface area contributed by atoms with E-state index >= 15 is 0 Å². The van der Waals surface area contributed by atoms with Crippen molar-refractivity contribution in [1.82, 2.24) is 31.1 Å². The molecule has 328 valence electrons.